The normalized spacial score (nSPS) is 18.9. The molecule has 2 amide bonds. The van der Waals surface area contributed by atoms with Crippen molar-refractivity contribution in [2.45, 2.75) is 53.5 Å². The number of hydrogen-bond acceptors (Lipinski definition) is 7. The number of hydrogen-bond donors (Lipinski definition) is 0. The van der Waals surface area contributed by atoms with Crippen LogP contribution in [0.5, 0.6) is 11.5 Å². The van der Waals surface area contributed by atoms with Gasteiger partial charge in [-0.2, -0.15) is 5.10 Å². The number of hydrazone groups is 1. The monoisotopic (exact) mass is 562 g/mol. The minimum atomic E-state index is -0.313. The summed E-state index contributed by atoms with van der Waals surface area (Å²) in [4.78, 5) is 31.5. The minimum Gasteiger partial charge on any atom is -0.454 e. The predicted molar refractivity (Wildman–Crippen MR) is 157 cm³/mol. The Morgan fingerprint density at radius 1 is 1.00 bits per heavy atom. The Bertz CT molecular complexity index is 1310. The highest BCUT2D eigenvalue weighted by Gasteiger charge is 2.36. The first-order valence-electron chi connectivity index (χ1n) is 14.5. The molecule has 3 heterocycles. The highest BCUT2D eigenvalue weighted by atomic mass is 16.7. The largest absolute Gasteiger partial charge is 0.454 e. The number of morpholine rings is 1. The van der Waals surface area contributed by atoms with Crippen LogP contribution in [0.1, 0.15) is 61.9 Å². The Balaban J connectivity index is 1.41. The molecule has 9 nitrogen and oxygen atoms in total. The quantitative estimate of drug-likeness (QED) is 0.477. The maximum absolute atomic E-state index is 14.0. The van der Waals surface area contributed by atoms with Gasteiger partial charge in [0.15, 0.2) is 11.5 Å². The topological polar surface area (TPSA) is 83.9 Å². The summed E-state index contributed by atoms with van der Waals surface area (Å²) in [5.74, 6) is 1.15. The maximum atomic E-state index is 14.0. The van der Waals surface area contributed by atoms with E-state index in [1.165, 1.54) is 11.1 Å². The molecule has 41 heavy (non-hydrogen) atoms. The van der Waals surface area contributed by atoms with E-state index in [2.05, 4.69) is 36.9 Å². The van der Waals surface area contributed by atoms with Gasteiger partial charge in [-0.25, -0.2) is 5.01 Å². The number of carbonyl (C=O) groups is 2. The first-order valence-corrected chi connectivity index (χ1v) is 14.5. The molecule has 1 saturated heterocycles. The Labute approximate surface area is 243 Å². The van der Waals surface area contributed by atoms with E-state index in [1.807, 2.05) is 39.0 Å². The highest BCUT2D eigenvalue weighted by Crippen LogP contribution is 2.39. The number of carbonyl (C=O) groups excluding carboxylic acids is 2. The van der Waals surface area contributed by atoms with E-state index in [4.69, 9.17) is 19.3 Å². The van der Waals surface area contributed by atoms with Gasteiger partial charge in [0.1, 0.15) is 6.54 Å². The summed E-state index contributed by atoms with van der Waals surface area (Å²) < 4.78 is 16.6. The van der Waals surface area contributed by atoms with Crippen molar-refractivity contribution in [3.8, 4) is 11.5 Å². The van der Waals surface area contributed by atoms with Crippen molar-refractivity contribution in [3.05, 3.63) is 58.7 Å². The molecule has 220 valence electrons. The molecule has 3 aliphatic heterocycles. The van der Waals surface area contributed by atoms with E-state index in [0.29, 0.717) is 50.6 Å². The molecule has 9 heteroatoms. The minimum absolute atomic E-state index is 0.0173. The first-order chi connectivity index (χ1) is 19.6. The van der Waals surface area contributed by atoms with Crippen LogP contribution in [0.2, 0.25) is 0 Å². The number of aryl methyl sites for hydroxylation is 2. The van der Waals surface area contributed by atoms with Gasteiger partial charge in [-0.05, 0) is 59.7 Å². The van der Waals surface area contributed by atoms with Crippen LogP contribution in [0.3, 0.4) is 0 Å². The van der Waals surface area contributed by atoms with Crippen LogP contribution in [-0.2, 0) is 14.3 Å². The van der Waals surface area contributed by atoms with Gasteiger partial charge >= 0.3 is 0 Å². The van der Waals surface area contributed by atoms with Gasteiger partial charge < -0.3 is 19.1 Å². The van der Waals surface area contributed by atoms with Gasteiger partial charge in [0.2, 0.25) is 12.7 Å². The van der Waals surface area contributed by atoms with Crippen LogP contribution < -0.4 is 9.47 Å². The molecule has 0 saturated carbocycles. The third-order valence-corrected chi connectivity index (χ3v) is 7.94. The number of benzene rings is 2. The summed E-state index contributed by atoms with van der Waals surface area (Å²) in [6, 6.07) is 11.8. The van der Waals surface area contributed by atoms with Crippen molar-refractivity contribution >= 4 is 17.5 Å². The molecule has 0 aliphatic carbocycles. The molecule has 0 spiro atoms. The lowest BCUT2D eigenvalue weighted by Gasteiger charge is -2.32. The molecule has 2 aromatic rings. The van der Waals surface area contributed by atoms with E-state index in [1.54, 1.807) is 9.91 Å². The zero-order valence-corrected chi connectivity index (χ0v) is 24.9. The Morgan fingerprint density at radius 2 is 1.76 bits per heavy atom. The lowest BCUT2D eigenvalue weighted by atomic mass is 9.91. The van der Waals surface area contributed by atoms with Gasteiger partial charge in [0.05, 0.1) is 25.0 Å². The molecular weight excluding hydrogens is 520 g/mol. The van der Waals surface area contributed by atoms with E-state index in [-0.39, 0.29) is 36.6 Å². The summed E-state index contributed by atoms with van der Waals surface area (Å²) in [6.45, 7) is 14.7. The molecule has 5 rings (SSSR count). The van der Waals surface area contributed by atoms with E-state index >= 15 is 0 Å². The van der Waals surface area contributed by atoms with Crippen LogP contribution in [0.4, 0.5) is 0 Å². The predicted octanol–water partition coefficient (Wildman–Crippen LogP) is 4.31. The van der Waals surface area contributed by atoms with Crippen LogP contribution in [0, 0.1) is 19.3 Å². The molecule has 0 radical (unpaired) electrons. The molecule has 0 bridgehead atoms. The summed E-state index contributed by atoms with van der Waals surface area (Å²) in [5.41, 5.74) is 4.98. The van der Waals surface area contributed by atoms with E-state index < -0.39 is 0 Å². The van der Waals surface area contributed by atoms with Crippen molar-refractivity contribution in [1.82, 2.24) is 14.8 Å². The van der Waals surface area contributed by atoms with Gasteiger partial charge in [-0.3, -0.25) is 14.5 Å². The van der Waals surface area contributed by atoms with E-state index in [0.717, 1.165) is 29.9 Å². The standard InChI is InChI=1S/C32H42N4O5/c1-22-6-7-24(16-23(22)2)26-18-27(25-8-9-28-29(17-25)41-21-40-28)36(33-26)31(38)20-35(30(37)19-32(3,4)5)11-10-34-12-14-39-15-13-34/h6-9,16-17,27H,10-15,18-21H2,1-5H3. The van der Waals surface area contributed by atoms with Crippen molar-refractivity contribution < 1.29 is 23.8 Å². The van der Waals surface area contributed by atoms with Crippen LogP contribution in [0.15, 0.2) is 41.5 Å². The van der Waals surface area contributed by atoms with Crippen molar-refractivity contribution in [2.24, 2.45) is 10.5 Å². The van der Waals surface area contributed by atoms with Crippen LogP contribution in [0.25, 0.3) is 0 Å². The molecular formula is C32H42N4O5. The summed E-state index contributed by atoms with van der Waals surface area (Å²) in [7, 11) is 0. The van der Waals surface area contributed by atoms with Gasteiger partial charge in [-0.1, -0.05) is 39.0 Å². The Hall–Kier alpha value is -3.43. The second-order valence-electron chi connectivity index (χ2n) is 12.4. The maximum Gasteiger partial charge on any atom is 0.262 e. The fourth-order valence-electron chi connectivity index (χ4n) is 5.40. The van der Waals surface area contributed by atoms with E-state index in [9.17, 15) is 9.59 Å². The average Bonchev–Trinajstić information content (AvgIpc) is 3.59. The molecule has 3 aliphatic rings. The fourth-order valence-corrected chi connectivity index (χ4v) is 5.40. The highest BCUT2D eigenvalue weighted by molar-refractivity contribution is 6.03. The summed E-state index contributed by atoms with van der Waals surface area (Å²) >= 11 is 0. The molecule has 2 aromatic carbocycles. The third kappa shape index (κ3) is 7.08. The number of amides is 2. The van der Waals surface area contributed by atoms with Crippen molar-refractivity contribution in [1.29, 1.82) is 0 Å². The summed E-state index contributed by atoms with van der Waals surface area (Å²) in [5, 5.41) is 6.46. The zero-order valence-electron chi connectivity index (χ0n) is 24.9. The lowest BCUT2D eigenvalue weighted by Crippen LogP contribution is -2.47. The summed E-state index contributed by atoms with van der Waals surface area (Å²) in [6.07, 6.45) is 0.934. The molecule has 1 unspecified atom stereocenters. The van der Waals surface area contributed by atoms with Gasteiger partial charge in [-0.15, -0.1) is 0 Å². The fraction of sp³-hybridized carbons (Fsp3) is 0.531. The lowest BCUT2D eigenvalue weighted by molar-refractivity contribution is -0.142. The molecule has 1 fully saturated rings. The van der Waals surface area contributed by atoms with Crippen LogP contribution >= 0.6 is 0 Å². The second kappa shape index (κ2) is 12.2. The number of rotatable bonds is 8. The average molecular weight is 563 g/mol. The zero-order chi connectivity index (χ0) is 29.1. The van der Waals surface area contributed by atoms with Crippen molar-refractivity contribution in [2.75, 3.05) is 52.7 Å². The molecule has 0 aromatic heterocycles. The van der Waals surface area contributed by atoms with Crippen molar-refractivity contribution in [3.63, 3.8) is 0 Å². The second-order valence-corrected chi connectivity index (χ2v) is 12.4. The van der Waals surface area contributed by atoms with Crippen LogP contribution in [-0.4, -0.2) is 85.1 Å². The number of fused-ring (bicyclic) bond motifs is 1. The third-order valence-electron chi connectivity index (χ3n) is 7.94. The van der Waals surface area contributed by atoms with Gasteiger partial charge in [0.25, 0.3) is 5.91 Å². The first kappa shape index (κ1) is 29.1. The smallest absolute Gasteiger partial charge is 0.262 e. The molecule has 1 atom stereocenters. The Kier molecular flexibility index (Phi) is 8.66. The SMILES string of the molecule is Cc1ccc(C2=NN(C(=O)CN(CCN3CCOCC3)C(=O)CC(C)(C)C)C(c3ccc4c(c3)OCO4)C2)cc1C. The molecule has 0 N–H and O–H groups in total. The number of nitrogens with zero attached hydrogens (tertiary/aromatic N) is 4. The van der Waals surface area contributed by atoms with Gasteiger partial charge in [0, 0.05) is 39.0 Å². The Morgan fingerprint density at radius 3 is 2.49 bits per heavy atom. The number of ether oxygens (including phenoxy) is 3.